The van der Waals surface area contributed by atoms with Gasteiger partial charge in [0.2, 0.25) is 0 Å². The summed E-state index contributed by atoms with van der Waals surface area (Å²) in [5.74, 6) is 0. The van der Waals surface area contributed by atoms with Crippen LogP contribution in [-0.4, -0.2) is 26.6 Å². The van der Waals surface area contributed by atoms with Crippen molar-refractivity contribution >= 4 is 8.32 Å². The summed E-state index contributed by atoms with van der Waals surface area (Å²) in [6, 6.07) is 0. The third-order valence-electron chi connectivity index (χ3n) is 2.70. The van der Waals surface area contributed by atoms with Crippen molar-refractivity contribution in [2.45, 2.75) is 51.7 Å². The summed E-state index contributed by atoms with van der Waals surface area (Å²) >= 11 is 0. The fraction of sp³-hybridized carbons (Fsp3) is 1.00. The lowest BCUT2D eigenvalue weighted by atomic mass is 10.2. The van der Waals surface area contributed by atoms with Crippen molar-refractivity contribution in [1.29, 1.82) is 0 Å². The average Bonchev–Trinajstić information content (AvgIpc) is 1.94. The normalized spacial score (nSPS) is 16.8. The molecule has 3 heteroatoms. The molecule has 0 unspecified atom stereocenters. The molecule has 0 bridgehead atoms. The standard InChI is InChI=1S/C10H24O2Si/c1-10(2,3)13(4,5)12-9-7-6-8-11/h11H,6-9H2,1-5H3/i8D2. The molecule has 0 radical (unpaired) electrons. The molecule has 0 aromatic rings. The first kappa shape index (κ1) is 9.68. The Kier molecular flexibility index (Phi) is 3.82. The van der Waals surface area contributed by atoms with Crippen molar-refractivity contribution in [1.82, 2.24) is 0 Å². The molecule has 0 amide bonds. The molecular formula is C10H24O2Si. The topological polar surface area (TPSA) is 29.5 Å². The predicted molar refractivity (Wildman–Crippen MR) is 59.5 cm³/mol. The first-order valence-electron chi connectivity index (χ1n) is 5.82. The Bertz CT molecular complexity index is 195. The van der Waals surface area contributed by atoms with Gasteiger partial charge in [0.15, 0.2) is 8.32 Å². The minimum Gasteiger partial charge on any atom is -0.417 e. The molecule has 0 aliphatic heterocycles. The SMILES string of the molecule is [2H]C([2H])(O)CCCO[Si](C)(C)C(C)(C)C. The summed E-state index contributed by atoms with van der Waals surface area (Å²) < 4.78 is 19.8. The fourth-order valence-corrected chi connectivity index (χ4v) is 1.78. The van der Waals surface area contributed by atoms with Crippen molar-refractivity contribution in [2.75, 3.05) is 13.2 Å². The van der Waals surface area contributed by atoms with E-state index in [1.807, 2.05) is 0 Å². The van der Waals surface area contributed by atoms with Gasteiger partial charge in [-0.05, 0) is 31.0 Å². The lowest BCUT2D eigenvalue weighted by molar-refractivity contribution is 0.242. The van der Waals surface area contributed by atoms with Crippen molar-refractivity contribution < 1.29 is 12.3 Å². The van der Waals surface area contributed by atoms with Gasteiger partial charge in [0, 0.05) is 13.2 Å². The van der Waals surface area contributed by atoms with Crippen LogP contribution in [0.4, 0.5) is 0 Å². The van der Waals surface area contributed by atoms with E-state index < -0.39 is 14.9 Å². The zero-order valence-corrected chi connectivity index (χ0v) is 10.5. The van der Waals surface area contributed by atoms with E-state index in [1.165, 1.54) is 0 Å². The van der Waals surface area contributed by atoms with E-state index in [4.69, 9.17) is 12.3 Å². The molecule has 0 fully saturated rings. The summed E-state index contributed by atoms with van der Waals surface area (Å²) in [5, 5.41) is 9.08. The maximum Gasteiger partial charge on any atom is 0.191 e. The van der Waals surface area contributed by atoms with Crippen LogP contribution in [0, 0.1) is 0 Å². The lowest BCUT2D eigenvalue weighted by Crippen LogP contribution is -2.40. The van der Waals surface area contributed by atoms with Crippen LogP contribution in [0.15, 0.2) is 0 Å². The van der Waals surface area contributed by atoms with Gasteiger partial charge in [0.25, 0.3) is 0 Å². The van der Waals surface area contributed by atoms with Gasteiger partial charge >= 0.3 is 0 Å². The van der Waals surface area contributed by atoms with Gasteiger partial charge in [-0.1, -0.05) is 20.8 Å². The van der Waals surface area contributed by atoms with Crippen LogP contribution in [0.25, 0.3) is 0 Å². The number of aliphatic hydroxyl groups is 1. The second kappa shape index (κ2) is 5.13. The first-order valence-corrected chi connectivity index (χ1v) is 7.73. The Morgan fingerprint density at radius 3 is 2.23 bits per heavy atom. The highest BCUT2D eigenvalue weighted by Gasteiger charge is 2.36. The van der Waals surface area contributed by atoms with Gasteiger partial charge in [-0.15, -0.1) is 0 Å². The largest absolute Gasteiger partial charge is 0.417 e. The van der Waals surface area contributed by atoms with E-state index >= 15 is 0 Å². The third-order valence-corrected chi connectivity index (χ3v) is 7.24. The quantitative estimate of drug-likeness (QED) is 0.554. The molecule has 13 heavy (non-hydrogen) atoms. The van der Waals surface area contributed by atoms with Crippen LogP contribution >= 0.6 is 0 Å². The predicted octanol–water partition coefficient (Wildman–Crippen LogP) is 2.78. The lowest BCUT2D eigenvalue weighted by Gasteiger charge is -2.36. The Morgan fingerprint density at radius 1 is 1.31 bits per heavy atom. The maximum absolute atomic E-state index is 8.90. The molecule has 80 valence electrons. The Hall–Kier alpha value is 0.137. The van der Waals surface area contributed by atoms with Gasteiger partial charge in [0.05, 0.1) is 2.74 Å². The van der Waals surface area contributed by atoms with Crippen molar-refractivity contribution in [3.63, 3.8) is 0 Å². The van der Waals surface area contributed by atoms with Gasteiger partial charge < -0.3 is 9.53 Å². The second-order valence-electron chi connectivity index (χ2n) is 4.87. The zero-order chi connectivity index (χ0) is 12.3. The van der Waals surface area contributed by atoms with E-state index in [9.17, 15) is 0 Å². The van der Waals surface area contributed by atoms with E-state index in [2.05, 4.69) is 33.9 Å². The third kappa shape index (κ3) is 4.79. The molecule has 0 spiro atoms. The fourth-order valence-electron chi connectivity index (χ4n) is 0.695. The molecule has 0 atom stereocenters. The highest BCUT2D eigenvalue weighted by molar-refractivity contribution is 6.74. The molecule has 0 heterocycles. The van der Waals surface area contributed by atoms with Gasteiger partial charge in [-0.3, -0.25) is 0 Å². The highest BCUT2D eigenvalue weighted by Crippen LogP contribution is 2.36. The zero-order valence-electron chi connectivity index (χ0n) is 11.5. The van der Waals surface area contributed by atoms with Crippen LogP contribution in [0.2, 0.25) is 18.1 Å². The Balaban J connectivity index is 3.87. The van der Waals surface area contributed by atoms with Crippen LogP contribution in [0.1, 0.15) is 36.4 Å². The summed E-state index contributed by atoms with van der Waals surface area (Å²) in [4.78, 5) is 0. The van der Waals surface area contributed by atoms with Crippen molar-refractivity contribution in [2.24, 2.45) is 0 Å². The molecule has 2 nitrogen and oxygen atoms in total. The van der Waals surface area contributed by atoms with Gasteiger partial charge in [0.1, 0.15) is 0 Å². The number of hydrogen-bond acceptors (Lipinski definition) is 2. The minimum absolute atomic E-state index is 0.140. The molecule has 0 saturated carbocycles. The summed E-state index contributed by atoms with van der Waals surface area (Å²) in [7, 11) is -1.71. The molecule has 0 aromatic carbocycles. The molecule has 0 rings (SSSR count). The van der Waals surface area contributed by atoms with Gasteiger partial charge in [-0.2, -0.15) is 0 Å². The average molecular weight is 206 g/mol. The van der Waals surface area contributed by atoms with Crippen molar-refractivity contribution in [3.8, 4) is 0 Å². The maximum atomic E-state index is 8.90. The monoisotopic (exact) mass is 206 g/mol. The van der Waals surface area contributed by atoms with Crippen LogP contribution in [0.3, 0.4) is 0 Å². The van der Waals surface area contributed by atoms with Gasteiger partial charge in [-0.25, -0.2) is 0 Å². The Labute approximate surface area is 86.2 Å². The van der Waals surface area contributed by atoms with E-state index in [0.29, 0.717) is 13.0 Å². The molecule has 0 aliphatic rings. The van der Waals surface area contributed by atoms with Crippen LogP contribution in [0.5, 0.6) is 0 Å². The number of rotatable bonds is 5. The second-order valence-corrected chi connectivity index (χ2v) is 9.68. The summed E-state index contributed by atoms with van der Waals surface area (Å²) in [6.45, 7) is 9.33. The first-order chi connectivity index (χ1) is 6.46. The van der Waals surface area contributed by atoms with Crippen LogP contribution < -0.4 is 0 Å². The molecule has 0 saturated heterocycles. The van der Waals surface area contributed by atoms with E-state index in [-0.39, 0.29) is 11.5 Å². The molecule has 1 N–H and O–H groups in total. The van der Waals surface area contributed by atoms with E-state index in [0.717, 1.165) is 0 Å². The number of hydrogen-bond donors (Lipinski definition) is 1. The molecule has 0 aliphatic carbocycles. The Morgan fingerprint density at radius 2 is 1.85 bits per heavy atom. The smallest absolute Gasteiger partial charge is 0.191 e. The van der Waals surface area contributed by atoms with E-state index in [1.54, 1.807) is 0 Å². The minimum atomic E-state index is -2.06. The highest BCUT2D eigenvalue weighted by atomic mass is 28.4. The molecular weight excluding hydrogens is 180 g/mol. The summed E-state index contributed by atoms with van der Waals surface area (Å²) in [6.07, 6.45) is 0.706. The summed E-state index contributed by atoms with van der Waals surface area (Å²) in [5.41, 5.74) is 0. The molecule has 0 aromatic heterocycles. The van der Waals surface area contributed by atoms with Crippen molar-refractivity contribution in [3.05, 3.63) is 0 Å². The van der Waals surface area contributed by atoms with Crippen LogP contribution in [-0.2, 0) is 4.43 Å².